The lowest BCUT2D eigenvalue weighted by Gasteiger charge is -2.32. The molecular formula is C27H35F2N5O5. The summed E-state index contributed by atoms with van der Waals surface area (Å²) in [6.07, 6.45) is 0.794. The molecule has 1 fully saturated rings. The fourth-order valence-electron chi connectivity index (χ4n) is 4.14. The Morgan fingerprint density at radius 3 is 2.38 bits per heavy atom. The number of carbonyl (C=O) groups excluding carboxylic acids is 3. The minimum absolute atomic E-state index is 0.0622. The van der Waals surface area contributed by atoms with Crippen LogP contribution < -0.4 is 21.7 Å². The van der Waals surface area contributed by atoms with Crippen molar-refractivity contribution in [3.8, 4) is 5.75 Å². The van der Waals surface area contributed by atoms with E-state index in [9.17, 15) is 28.3 Å². The molecule has 0 spiro atoms. The number of ether oxygens (including phenoxy) is 1. The highest BCUT2D eigenvalue weighted by Gasteiger charge is 2.23. The fraction of sp³-hybridized carbons (Fsp3) is 0.444. The van der Waals surface area contributed by atoms with E-state index in [1.54, 1.807) is 32.9 Å². The molecule has 2 aromatic rings. The van der Waals surface area contributed by atoms with Crippen LogP contribution in [0.15, 0.2) is 30.3 Å². The van der Waals surface area contributed by atoms with Crippen LogP contribution in [0.5, 0.6) is 5.75 Å². The molecule has 0 atom stereocenters. The minimum Gasteiger partial charge on any atom is -0.506 e. The van der Waals surface area contributed by atoms with Crippen molar-refractivity contribution in [2.45, 2.75) is 45.8 Å². The van der Waals surface area contributed by atoms with Gasteiger partial charge in [0.25, 0.3) is 5.91 Å². The number of piperidine rings is 1. The molecule has 0 bridgehead atoms. The number of hydrogen-bond donors (Lipinski definition) is 5. The highest BCUT2D eigenvalue weighted by Crippen LogP contribution is 2.24. The zero-order valence-corrected chi connectivity index (χ0v) is 22.3. The molecule has 0 aromatic heterocycles. The van der Waals surface area contributed by atoms with Crippen LogP contribution in [0.2, 0.25) is 0 Å². The SMILES string of the molecule is CC(C)(C)OC(=O)Nc1cc(F)c(F)cc1C(=O)NCC(=O)NCC1CCN(Cc2ccc(O)c(N)c2)CC1. The molecule has 12 heteroatoms. The predicted molar refractivity (Wildman–Crippen MR) is 142 cm³/mol. The summed E-state index contributed by atoms with van der Waals surface area (Å²) in [7, 11) is 0. The molecule has 6 N–H and O–H groups in total. The fourth-order valence-corrected chi connectivity index (χ4v) is 4.14. The number of anilines is 2. The number of amides is 3. The predicted octanol–water partition coefficient (Wildman–Crippen LogP) is 3.36. The van der Waals surface area contributed by atoms with Crippen LogP contribution in [0.1, 0.15) is 49.5 Å². The molecule has 10 nitrogen and oxygen atoms in total. The van der Waals surface area contributed by atoms with Crippen molar-refractivity contribution in [2.75, 3.05) is 37.2 Å². The average molecular weight is 548 g/mol. The van der Waals surface area contributed by atoms with E-state index in [2.05, 4.69) is 20.9 Å². The first-order valence-corrected chi connectivity index (χ1v) is 12.6. The van der Waals surface area contributed by atoms with Crippen LogP contribution in [0, 0.1) is 17.6 Å². The third kappa shape index (κ3) is 9.10. The number of nitrogens with zero attached hydrogens (tertiary/aromatic N) is 1. The standard InChI is InChI=1S/C27H35F2N5O5/c1-27(2,3)39-26(38)33-22-12-20(29)19(28)11-18(22)25(37)32-14-24(36)31-13-16-6-8-34(9-7-16)15-17-4-5-23(35)21(30)10-17/h4-5,10-12,16,35H,6-9,13-15,30H2,1-3H3,(H,31,36)(H,32,37)(H,33,38). The van der Waals surface area contributed by atoms with E-state index >= 15 is 0 Å². The van der Waals surface area contributed by atoms with Crippen molar-refractivity contribution in [3.63, 3.8) is 0 Å². The maximum absolute atomic E-state index is 13.8. The van der Waals surface area contributed by atoms with Crippen LogP contribution in [0.4, 0.5) is 25.0 Å². The van der Waals surface area contributed by atoms with E-state index in [4.69, 9.17) is 10.5 Å². The van der Waals surface area contributed by atoms with Crippen LogP contribution in [-0.4, -0.2) is 59.7 Å². The van der Waals surface area contributed by atoms with Gasteiger partial charge in [0.2, 0.25) is 5.91 Å². The Kier molecular flexibility index (Phi) is 9.68. The first kappa shape index (κ1) is 29.6. The van der Waals surface area contributed by atoms with Gasteiger partial charge in [-0.1, -0.05) is 6.07 Å². The second-order valence-electron chi connectivity index (χ2n) is 10.5. The Morgan fingerprint density at radius 2 is 1.74 bits per heavy atom. The van der Waals surface area contributed by atoms with Gasteiger partial charge in [-0.25, -0.2) is 13.6 Å². The van der Waals surface area contributed by atoms with Crippen molar-refractivity contribution in [1.29, 1.82) is 0 Å². The summed E-state index contributed by atoms with van der Waals surface area (Å²) in [5, 5.41) is 17.0. The first-order valence-electron chi connectivity index (χ1n) is 12.6. The topological polar surface area (TPSA) is 146 Å². The number of aromatic hydroxyl groups is 1. The number of nitrogen functional groups attached to an aromatic ring is 1. The molecular weight excluding hydrogens is 512 g/mol. The number of nitrogens with two attached hydrogens (primary N) is 1. The van der Waals surface area contributed by atoms with Crippen molar-refractivity contribution < 1.29 is 33.0 Å². The van der Waals surface area contributed by atoms with E-state index in [-0.39, 0.29) is 29.5 Å². The van der Waals surface area contributed by atoms with E-state index in [0.717, 1.165) is 31.5 Å². The minimum atomic E-state index is -1.28. The number of phenols is 1. The van der Waals surface area contributed by atoms with Crippen molar-refractivity contribution in [2.24, 2.45) is 5.92 Å². The molecule has 39 heavy (non-hydrogen) atoms. The highest BCUT2D eigenvalue weighted by molar-refractivity contribution is 6.03. The van der Waals surface area contributed by atoms with Gasteiger partial charge in [0.1, 0.15) is 11.4 Å². The van der Waals surface area contributed by atoms with Gasteiger partial charge in [-0.3, -0.25) is 19.8 Å². The molecule has 1 heterocycles. The van der Waals surface area contributed by atoms with E-state index < -0.39 is 35.1 Å². The Bertz CT molecular complexity index is 1210. The summed E-state index contributed by atoms with van der Waals surface area (Å²) >= 11 is 0. The summed E-state index contributed by atoms with van der Waals surface area (Å²) in [6, 6.07) is 6.50. The third-order valence-corrected chi connectivity index (χ3v) is 6.14. The van der Waals surface area contributed by atoms with Gasteiger partial charge >= 0.3 is 6.09 Å². The average Bonchev–Trinajstić information content (AvgIpc) is 2.85. The van der Waals surface area contributed by atoms with Crippen molar-refractivity contribution in [3.05, 3.63) is 53.1 Å². The zero-order valence-electron chi connectivity index (χ0n) is 22.3. The summed E-state index contributed by atoms with van der Waals surface area (Å²) in [4.78, 5) is 39.3. The highest BCUT2D eigenvalue weighted by atomic mass is 19.2. The number of likely N-dealkylation sites (tertiary alicyclic amines) is 1. The maximum Gasteiger partial charge on any atom is 0.412 e. The molecule has 212 valence electrons. The lowest BCUT2D eigenvalue weighted by atomic mass is 9.96. The monoisotopic (exact) mass is 547 g/mol. The Hall–Kier alpha value is -3.93. The van der Waals surface area contributed by atoms with E-state index in [1.165, 1.54) is 0 Å². The molecule has 1 aliphatic rings. The number of halogens is 2. The quantitative estimate of drug-likeness (QED) is 0.252. The Balaban J connectivity index is 1.45. The molecule has 0 saturated carbocycles. The molecule has 1 saturated heterocycles. The van der Waals surface area contributed by atoms with Gasteiger partial charge in [0, 0.05) is 19.2 Å². The molecule has 0 aliphatic carbocycles. The second-order valence-corrected chi connectivity index (χ2v) is 10.5. The largest absolute Gasteiger partial charge is 0.506 e. The summed E-state index contributed by atoms with van der Waals surface area (Å²) in [5.41, 5.74) is 5.63. The van der Waals surface area contributed by atoms with Gasteiger partial charge in [0.05, 0.1) is 23.5 Å². The number of rotatable bonds is 8. The van der Waals surface area contributed by atoms with Gasteiger partial charge in [-0.2, -0.15) is 0 Å². The summed E-state index contributed by atoms with van der Waals surface area (Å²) in [6.45, 7) is 7.31. The Labute approximate surface area is 225 Å². The number of benzene rings is 2. The molecule has 3 amide bonds. The lowest BCUT2D eigenvalue weighted by Crippen LogP contribution is -2.41. The van der Waals surface area contributed by atoms with Gasteiger partial charge in [-0.15, -0.1) is 0 Å². The van der Waals surface area contributed by atoms with Crippen LogP contribution in [0.25, 0.3) is 0 Å². The van der Waals surface area contributed by atoms with Crippen LogP contribution in [0.3, 0.4) is 0 Å². The smallest absolute Gasteiger partial charge is 0.412 e. The summed E-state index contributed by atoms with van der Waals surface area (Å²) < 4.78 is 32.7. The van der Waals surface area contributed by atoms with Crippen molar-refractivity contribution in [1.82, 2.24) is 15.5 Å². The lowest BCUT2D eigenvalue weighted by molar-refractivity contribution is -0.120. The van der Waals surface area contributed by atoms with Crippen LogP contribution >= 0.6 is 0 Å². The van der Waals surface area contributed by atoms with E-state index in [1.807, 2.05) is 6.07 Å². The molecule has 3 rings (SSSR count). The van der Waals surface area contributed by atoms with Gasteiger partial charge in [0.15, 0.2) is 11.6 Å². The summed E-state index contributed by atoms with van der Waals surface area (Å²) in [5.74, 6) is -3.50. The third-order valence-electron chi connectivity index (χ3n) is 6.14. The Morgan fingerprint density at radius 1 is 1.08 bits per heavy atom. The number of hydrogen-bond acceptors (Lipinski definition) is 7. The molecule has 0 radical (unpaired) electrons. The molecule has 2 aromatic carbocycles. The second kappa shape index (κ2) is 12.7. The first-order chi connectivity index (χ1) is 18.3. The van der Waals surface area contributed by atoms with E-state index in [0.29, 0.717) is 30.9 Å². The zero-order chi connectivity index (χ0) is 28.7. The van der Waals surface area contributed by atoms with Gasteiger partial charge < -0.3 is 26.2 Å². The number of nitrogens with one attached hydrogen (secondary N) is 3. The maximum atomic E-state index is 13.8. The normalized spacial score (nSPS) is 14.5. The molecule has 0 unspecified atom stereocenters. The van der Waals surface area contributed by atoms with Gasteiger partial charge in [-0.05, 0) is 76.4 Å². The van der Waals surface area contributed by atoms with Crippen molar-refractivity contribution >= 4 is 29.3 Å². The number of carbonyl (C=O) groups is 3. The molecule has 1 aliphatic heterocycles. The van der Waals surface area contributed by atoms with Crippen LogP contribution in [-0.2, 0) is 16.1 Å². The number of phenolic OH excluding ortho intramolecular Hbond substituents is 1.